The molecule has 100 valence electrons. The van der Waals surface area contributed by atoms with Crippen molar-refractivity contribution >= 4 is 23.1 Å². The lowest BCUT2D eigenvalue weighted by Crippen LogP contribution is -2.40. The molecule has 0 spiro atoms. The number of anilines is 1. The van der Waals surface area contributed by atoms with Gasteiger partial charge in [-0.3, -0.25) is 0 Å². The summed E-state index contributed by atoms with van der Waals surface area (Å²) in [6.07, 6.45) is 2.67. The molecule has 0 radical (unpaired) electrons. The van der Waals surface area contributed by atoms with Crippen molar-refractivity contribution in [2.45, 2.75) is 6.42 Å². The first kappa shape index (κ1) is 13.6. The Balaban J connectivity index is 2.02. The molecule has 1 aliphatic heterocycles. The number of pyridine rings is 1. The lowest BCUT2D eigenvalue weighted by molar-refractivity contribution is 0.443. The molecule has 0 aliphatic carbocycles. The van der Waals surface area contributed by atoms with Crippen LogP contribution in [0.2, 0.25) is 0 Å². The Labute approximate surface area is 118 Å². The minimum absolute atomic E-state index is 0.594. The van der Waals surface area contributed by atoms with Crippen molar-refractivity contribution in [2.75, 3.05) is 38.1 Å². The molecule has 1 aliphatic rings. The predicted molar refractivity (Wildman–Crippen MR) is 79.0 cm³/mol. The van der Waals surface area contributed by atoms with E-state index in [1.54, 1.807) is 6.20 Å². The minimum Gasteiger partial charge on any atom is -0.366 e. The lowest BCUT2D eigenvalue weighted by atomic mass is 10.3. The van der Waals surface area contributed by atoms with Gasteiger partial charge in [-0.25, -0.2) is 4.98 Å². The summed E-state index contributed by atoms with van der Waals surface area (Å²) in [6.45, 7) is 3.70. The number of hydrogen-bond donors (Lipinski definition) is 1. The zero-order valence-corrected chi connectivity index (χ0v) is 11.8. The molecule has 0 aromatic carbocycles. The summed E-state index contributed by atoms with van der Waals surface area (Å²) in [5, 5.41) is 12.6. The van der Waals surface area contributed by atoms with Crippen molar-refractivity contribution in [3.63, 3.8) is 0 Å². The number of hydrogen-bond acceptors (Lipinski definition) is 4. The molecule has 1 aromatic heterocycles. The second kappa shape index (κ2) is 6.34. The standard InChI is InChI=1S/C13H17N5S/c1-15-13(19)18-6-2-5-17(7-8-18)12-4-3-11(9-14)10-16-12/h3-4,10H,2,5-8H2,1H3,(H,15,19). The highest BCUT2D eigenvalue weighted by molar-refractivity contribution is 7.80. The van der Waals surface area contributed by atoms with Crippen LogP contribution in [0.5, 0.6) is 0 Å². The van der Waals surface area contributed by atoms with Crippen molar-refractivity contribution in [1.29, 1.82) is 5.26 Å². The molecule has 5 nitrogen and oxygen atoms in total. The average molecular weight is 275 g/mol. The number of nitrogens with one attached hydrogen (secondary N) is 1. The third kappa shape index (κ3) is 3.32. The topological polar surface area (TPSA) is 55.2 Å². The zero-order chi connectivity index (χ0) is 13.7. The van der Waals surface area contributed by atoms with Crippen LogP contribution in [0.15, 0.2) is 18.3 Å². The van der Waals surface area contributed by atoms with Gasteiger partial charge in [0.1, 0.15) is 11.9 Å². The molecule has 0 unspecified atom stereocenters. The normalized spacial score (nSPS) is 15.6. The van der Waals surface area contributed by atoms with Gasteiger partial charge >= 0.3 is 0 Å². The van der Waals surface area contributed by atoms with Gasteiger partial charge in [0.2, 0.25) is 0 Å². The maximum atomic E-state index is 8.78. The summed E-state index contributed by atoms with van der Waals surface area (Å²) >= 11 is 5.27. The highest BCUT2D eigenvalue weighted by Crippen LogP contribution is 2.14. The quantitative estimate of drug-likeness (QED) is 0.771. The van der Waals surface area contributed by atoms with E-state index in [4.69, 9.17) is 17.5 Å². The van der Waals surface area contributed by atoms with E-state index in [9.17, 15) is 0 Å². The highest BCUT2D eigenvalue weighted by Gasteiger charge is 2.17. The van der Waals surface area contributed by atoms with Crippen LogP contribution in [0, 0.1) is 11.3 Å². The molecule has 1 fully saturated rings. The van der Waals surface area contributed by atoms with Gasteiger partial charge in [-0.1, -0.05) is 0 Å². The van der Waals surface area contributed by atoms with Gasteiger partial charge in [-0.2, -0.15) is 5.26 Å². The van der Waals surface area contributed by atoms with Crippen LogP contribution < -0.4 is 10.2 Å². The molecule has 2 heterocycles. The fourth-order valence-corrected chi connectivity index (χ4v) is 2.33. The number of thiocarbonyl (C=S) groups is 1. The van der Waals surface area contributed by atoms with Gasteiger partial charge in [-0.05, 0) is 30.8 Å². The first-order chi connectivity index (χ1) is 9.24. The zero-order valence-electron chi connectivity index (χ0n) is 11.0. The smallest absolute Gasteiger partial charge is 0.168 e. The van der Waals surface area contributed by atoms with Crippen molar-refractivity contribution in [2.24, 2.45) is 0 Å². The van der Waals surface area contributed by atoms with E-state index in [0.717, 1.165) is 43.5 Å². The van der Waals surface area contributed by atoms with Crippen molar-refractivity contribution in [1.82, 2.24) is 15.2 Å². The highest BCUT2D eigenvalue weighted by atomic mass is 32.1. The van der Waals surface area contributed by atoms with Crippen LogP contribution in [0.4, 0.5) is 5.82 Å². The average Bonchev–Trinajstić information content (AvgIpc) is 2.72. The van der Waals surface area contributed by atoms with Gasteiger partial charge in [0.05, 0.1) is 5.56 Å². The van der Waals surface area contributed by atoms with Crippen molar-refractivity contribution in [3.8, 4) is 6.07 Å². The van der Waals surface area contributed by atoms with Crippen LogP contribution >= 0.6 is 12.2 Å². The van der Waals surface area contributed by atoms with E-state index < -0.39 is 0 Å². The van der Waals surface area contributed by atoms with Crippen LogP contribution in [0.25, 0.3) is 0 Å². The number of nitrogens with zero attached hydrogens (tertiary/aromatic N) is 4. The van der Waals surface area contributed by atoms with Gasteiger partial charge < -0.3 is 15.1 Å². The summed E-state index contributed by atoms with van der Waals surface area (Å²) in [7, 11) is 1.85. The Kier molecular flexibility index (Phi) is 4.53. The first-order valence-electron chi connectivity index (χ1n) is 6.32. The Morgan fingerprint density at radius 3 is 2.84 bits per heavy atom. The van der Waals surface area contributed by atoms with E-state index in [2.05, 4.69) is 26.2 Å². The van der Waals surface area contributed by atoms with Crippen LogP contribution in [0.1, 0.15) is 12.0 Å². The Morgan fingerprint density at radius 2 is 2.21 bits per heavy atom. The monoisotopic (exact) mass is 275 g/mol. The summed E-state index contributed by atoms with van der Waals surface area (Å²) in [6, 6.07) is 5.80. The molecule has 19 heavy (non-hydrogen) atoms. The van der Waals surface area contributed by atoms with Crippen LogP contribution in [0.3, 0.4) is 0 Å². The molecule has 1 saturated heterocycles. The van der Waals surface area contributed by atoms with Gasteiger partial charge in [0.25, 0.3) is 0 Å². The van der Waals surface area contributed by atoms with E-state index in [1.165, 1.54) is 0 Å². The van der Waals surface area contributed by atoms with Gasteiger partial charge in [0, 0.05) is 39.4 Å². The number of rotatable bonds is 1. The fourth-order valence-electron chi connectivity index (χ4n) is 2.15. The summed E-state index contributed by atoms with van der Waals surface area (Å²) < 4.78 is 0. The van der Waals surface area contributed by atoms with Crippen molar-refractivity contribution in [3.05, 3.63) is 23.9 Å². The molecule has 1 aromatic rings. The molecule has 0 atom stereocenters. The number of nitriles is 1. The van der Waals surface area contributed by atoms with E-state index in [-0.39, 0.29) is 0 Å². The SMILES string of the molecule is CNC(=S)N1CCCN(c2ccc(C#N)cn2)CC1. The van der Waals surface area contributed by atoms with Gasteiger partial charge in [-0.15, -0.1) is 0 Å². The molecular weight excluding hydrogens is 258 g/mol. The van der Waals surface area contributed by atoms with Crippen LogP contribution in [-0.2, 0) is 0 Å². The molecule has 2 rings (SSSR count). The molecular formula is C13H17N5S. The second-order valence-electron chi connectivity index (χ2n) is 4.40. The molecule has 1 N–H and O–H groups in total. The van der Waals surface area contributed by atoms with E-state index >= 15 is 0 Å². The Bertz CT molecular complexity index is 479. The van der Waals surface area contributed by atoms with Gasteiger partial charge in [0.15, 0.2) is 5.11 Å². The molecule has 0 saturated carbocycles. The van der Waals surface area contributed by atoms with Crippen molar-refractivity contribution < 1.29 is 0 Å². The molecule has 6 heteroatoms. The fraction of sp³-hybridized carbons (Fsp3) is 0.462. The molecule has 0 bridgehead atoms. The Hall–Kier alpha value is -1.87. The largest absolute Gasteiger partial charge is 0.366 e. The van der Waals surface area contributed by atoms with E-state index in [1.807, 2.05) is 19.2 Å². The first-order valence-corrected chi connectivity index (χ1v) is 6.73. The van der Waals surface area contributed by atoms with Crippen LogP contribution in [-0.4, -0.2) is 48.2 Å². The molecule has 0 amide bonds. The second-order valence-corrected chi connectivity index (χ2v) is 4.79. The maximum Gasteiger partial charge on any atom is 0.168 e. The minimum atomic E-state index is 0.594. The third-order valence-electron chi connectivity index (χ3n) is 3.20. The summed E-state index contributed by atoms with van der Waals surface area (Å²) in [5.41, 5.74) is 0.594. The Morgan fingerprint density at radius 1 is 1.37 bits per heavy atom. The lowest BCUT2D eigenvalue weighted by Gasteiger charge is -2.24. The summed E-state index contributed by atoms with van der Waals surface area (Å²) in [4.78, 5) is 8.76. The number of aromatic nitrogens is 1. The predicted octanol–water partition coefficient (Wildman–Crippen LogP) is 0.970. The third-order valence-corrected chi connectivity index (χ3v) is 3.66. The summed E-state index contributed by atoms with van der Waals surface area (Å²) in [5.74, 6) is 0.927. The maximum absolute atomic E-state index is 8.78. The van der Waals surface area contributed by atoms with E-state index in [0.29, 0.717) is 5.56 Å².